The summed E-state index contributed by atoms with van der Waals surface area (Å²) in [7, 11) is 0. The van der Waals surface area contributed by atoms with Crippen molar-refractivity contribution in [1.82, 2.24) is 10.2 Å². The van der Waals surface area contributed by atoms with Crippen molar-refractivity contribution in [3.63, 3.8) is 0 Å². The van der Waals surface area contributed by atoms with Crippen LogP contribution in [0.1, 0.15) is 23.6 Å². The van der Waals surface area contributed by atoms with Gasteiger partial charge in [-0.3, -0.25) is 9.69 Å². The van der Waals surface area contributed by atoms with E-state index in [4.69, 9.17) is 0 Å². The monoisotopic (exact) mass is 372 g/mol. The minimum Gasteiger partial charge on any atom is -0.319 e. The molecule has 5 heteroatoms. The van der Waals surface area contributed by atoms with Crippen LogP contribution in [0.3, 0.4) is 0 Å². The van der Waals surface area contributed by atoms with Gasteiger partial charge in [-0.15, -0.1) is 0 Å². The van der Waals surface area contributed by atoms with Gasteiger partial charge in [-0.25, -0.2) is 4.79 Å². The van der Waals surface area contributed by atoms with Gasteiger partial charge in [0.2, 0.25) is 0 Å². The average molecular weight is 373 g/mol. The zero-order chi connectivity index (χ0) is 16.6. The third kappa shape index (κ3) is 2.88. The first kappa shape index (κ1) is 15.7. The largest absolute Gasteiger partial charge is 0.325 e. The second kappa shape index (κ2) is 5.81. The first-order valence-electron chi connectivity index (χ1n) is 7.36. The van der Waals surface area contributed by atoms with Crippen molar-refractivity contribution >= 4 is 27.9 Å². The maximum Gasteiger partial charge on any atom is 0.325 e. The molecule has 0 aliphatic carbocycles. The van der Waals surface area contributed by atoms with Crippen molar-refractivity contribution in [3.05, 3.63) is 69.7 Å². The predicted molar refractivity (Wildman–Crippen MR) is 91.8 cm³/mol. The number of carbonyl (C=O) groups is 2. The van der Waals surface area contributed by atoms with Crippen molar-refractivity contribution in [2.75, 3.05) is 0 Å². The van der Waals surface area contributed by atoms with E-state index in [1.165, 1.54) is 4.90 Å². The lowest BCUT2D eigenvalue weighted by molar-refractivity contribution is -0.131. The molecule has 0 saturated carbocycles. The number of benzene rings is 2. The first-order chi connectivity index (χ1) is 10.9. The number of rotatable bonds is 3. The van der Waals surface area contributed by atoms with E-state index >= 15 is 0 Å². The summed E-state index contributed by atoms with van der Waals surface area (Å²) in [6.07, 6.45) is 0. The fourth-order valence-corrected chi connectivity index (χ4v) is 3.23. The van der Waals surface area contributed by atoms with Crippen molar-refractivity contribution in [1.29, 1.82) is 0 Å². The van der Waals surface area contributed by atoms with Crippen molar-refractivity contribution in [2.24, 2.45) is 0 Å². The highest BCUT2D eigenvalue weighted by Gasteiger charge is 2.48. The fourth-order valence-electron chi connectivity index (χ4n) is 2.83. The van der Waals surface area contributed by atoms with E-state index in [0.29, 0.717) is 0 Å². The van der Waals surface area contributed by atoms with Crippen LogP contribution in [0.2, 0.25) is 0 Å². The minimum absolute atomic E-state index is 0.234. The molecule has 3 rings (SSSR count). The van der Waals surface area contributed by atoms with Crippen LogP contribution < -0.4 is 5.32 Å². The Kier molecular flexibility index (Phi) is 3.98. The molecule has 118 valence electrons. The molecule has 0 aromatic heterocycles. The SMILES string of the molecule is Cc1cccc(CN2C(=O)N[C@@](C)(c3cccc(Br)c3)C2=O)c1. The molecule has 1 heterocycles. The van der Waals surface area contributed by atoms with Gasteiger partial charge in [-0.2, -0.15) is 0 Å². The third-order valence-corrected chi connectivity index (χ3v) is 4.59. The summed E-state index contributed by atoms with van der Waals surface area (Å²) >= 11 is 3.41. The number of nitrogens with zero attached hydrogens (tertiary/aromatic N) is 1. The second-order valence-electron chi connectivity index (χ2n) is 5.95. The Morgan fingerprint density at radius 3 is 2.57 bits per heavy atom. The molecule has 4 nitrogen and oxygen atoms in total. The summed E-state index contributed by atoms with van der Waals surface area (Å²) in [6, 6.07) is 14.9. The number of carbonyl (C=O) groups excluding carboxylic acids is 2. The van der Waals surface area contributed by atoms with Crippen molar-refractivity contribution < 1.29 is 9.59 Å². The normalized spacial score (nSPS) is 20.7. The molecule has 2 aromatic carbocycles. The lowest BCUT2D eigenvalue weighted by atomic mass is 9.92. The summed E-state index contributed by atoms with van der Waals surface area (Å²) in [4.78, 5) is 26.5. The standard InChI is InChI=1S/C18H17BrN2O2/c1-12-5-3-6-13(9-12)11-21-16(22)18(2,20-17(21)23)14-7-4-8-15(19)10-14/h3-10H,11H2,1-2H3,(H,20,23)/t18-/m0/s1. The molecule has 2 aromatic rings. The molecule has 3 amide bonds. The topological polar surface area (TPSA) is 49.4 Å². The van der Waals surface area contributed by atoms with Gasteiger partial charge in [0.15, 0.2) is 0 Å². The van der Waals surface area contributed by atoms with Gasteiger partial charge in [0.25, 0.3) is 5.91 Å². The van der Waals surface area contributed by atoms with Crippen LogP contribution >= 0.6 is 15.9 Å². The van der Waals surface area contributed by atoms with Crippen LogP contribution in [0.15, 0.2) is 53.0 Å². The molecular weight excluding hydrogens is 356 g/mol. The maximum atomic E-state index is 12.9. The number of halogens is 1. The Labute approximate surface area is 143 Å². The van der Waals surface area contributed by atoms with Gasteiger partial charge in [0, 0.05) is 4.47 Å². The molecule has 1 fully saturated rings. The van der Waals surface area contributed by atoms with Gasteiger partial charge in [-0.1, -0.05) is 57.9 Å². The summed E-state index contributed by atoms with van der Waals surface area (Å²) in [6.45, 7) is 4.00. The smallest absolute Gasteiger partial charge is 0.319 e. The third-order valence-electron chi connectivity index (χ3n) is 4.10. The Bertz CT molecular complexity index is 790. The molecule has 1 N–H and O–H groups in total. The number of urea groups is 1. The van der Waals surface area contributed by atoms with Crippen LogP contribution in [0.4, 0.5) is 4.79 Å². The molecule has 1 atom stereocenters. The van der Waals surface area contributed by atoms with Crippen LogP contribution in [-0.4, -0.2) is 16.8 Å². The molecule has 0 unspecified atom stereocenters. The molecule has 0 radical (unpaired) electrons. The Morgan fingerprint density at radius 2 is 1.87 bits per heavy atom. The highest BCUT2D eigenvalue weighted by Crippen LogP contribution is 2.31. The van der Waals surface area contributed by atoms with E-state index in [2.05, 4.69) is 21.2 Å². The predicted octanol–water partition coefficient (Wildman–Crippen LogP) is 3.72. The summed E-state index contributed by atoms with van der Waals surface area (Å²) in [5.41, 5.74) is 1.76. The zero-order valence-corrected chi connectivity index (χ0v) is 14.6. The molecule has 23 heavy (non-hydrogen) atoms. The summed E-state index contributed by atoms with van der Waals surface area (Å²) in [5, 5.41) is 2.83. The second-order valence-corrected chi connectivity index (χ2v) is 6.86. The number of hydrogen-bond acceptors (Lipinski definition) is 2. The van der Waals surface area contributed by atoms with E-state index in [-0.39, 0.29) is 18.5 Å². The van der Waals surface area contributed by atoms with E-state index in [9.17, 15) is 9.59 Å². The van der Waals surface area contributed by atoms with Gasteiger partial charge >= 0.3 is 6.03 Å². The summed E-state index contributed by atoms with van der Waals surface area (Å²) in [5.74, 6) is -0.234. The molecule has 1 aliphatic rings. The van der Waals surface area contributed by atoms with Crippen LogP contribution in [0, 0.1) is 6.92 Å². The number of imide groups is 1. The highest BCUT2D eigenvalue weighted by atomic mass is 79.9. The fraction of sp³-hybridized carbons (Fsp3) is 0.222. The average Bonchev–Trinajstić information content (AvgIpc) is 2.72. The molecule has 1 aliphatic heterocycles. The molecule has 0 spiro atoms. The number of aryl methyl sites for hydroxylation is 1. The Balaban J connectivity index is 1.90. The van der Waals surface area contributed by atoms with Crippen LogP contribution in [-0.2, 0) is 16.9 Å². The maximum absolute atomic E-state index is 12.9. The highest BCUT2D eigenvalue weighted by molar-refractivity contribution is 9.10. The van der Waals surface area contributed by atoms with Crippen molar-refractivity contribution in [3.8, 4) is 0 Å². The molecular formula is C18H17BrN2O2. The van der Waals surface area contributed by atoms with Crippen LogP contribution in [0.5, 0.6) is 0 Å². The Hall–Kier alpha value is -2.14. The molecule has 0 bridgehead atoms. The molecule has 1 saturated heterocycles. The van der Waals surface area contributed by atoms with Gasteiger partial charge in [0.05, 0.1) is 6.54 Å². The van der Waals surface area contributed by atoms with Gasteiger partial charge in [0.1, 0.15) is 5.54 Å². The minimum atomic E-state index is -1.04. The number of amides is 3. The lowest BCUT2D eigenvalue weighted by Crippen LogP contribution is -2.40. The van der Waals surface area contributed by atoms with Gasteiger partial charge < -0.3 is 5.32 Å². The van der Waals surface area contributed by atoms with E-state index in [0.717, 1.165) is 21.2 Å². The number of hydrogen-bond donors (Lipinski definition) is 1. The van der Waals surface area contributed by atoms with Gasteiger partial charge in [-0.05, 0) is 37.1 Å². The summed E-state index contributed by atoms with van der Waals surface area (Å²) < 4.78 is 0.871. The van der Waals surface area contributed by atoms with E-state index in [1.54, 1.807) is 6.92 Å². The van der Waals surface area contributed by atoms with E-state index in [1.807, 2.05) is 55.5 Å². The quantitative estimate of drug-likeness (QED) is 0.834. The zero-order valence-electron chi connectivity index (χ0n) is 13.0. The lowest BCUT2D eigenvalue weighted by Gasteiger charge is -2.22. The Morgan fingerprint density at radius 1 is 1.13 bits per heavy atom. The first-order valence-corrected chi connectivity index (χ1v) is 8.15. The van der Waals surface area contributed by atoms with Crippen LogP contribution in [0.25, 0.3) is 0 Å². The van der Waals surface area contributed by atoms with E-state index < -0.39 is 5.54 Å². The van der Waals surface area contributed by atoms with Crippen molar-refractivity contribution in [2.45, 2.75) is 25.9 Å². The number of nitrogens with one attached hydrogen (secondary N) is 1.